The minimum atomic E-state index is -3.66. The van der Waals surface area contributed by atoms with E-state index >= 15 is 0 Å². The number of rotatable bonds is 6. The highest BCUT2D eigenvalue weighted by atomic mass is 32.2. The summed E-state index contributed by atoms with van der Waals surface area (Å²) in [5.41, 5.74) is 3.19. The van der Waals surface area contributed by atoms with E-state index in [2.05, 4.69) is 4.72 Å². The Kier molecular flexibility index (Phi) is 5.98. The average Bonchev–Trinajstić information content (AvgIpc) is 2.45. The van der Waals surface area contributed by atoms with Gasteiger partial charge in [-0.25, -0.2) is 17.5 Å². The summed E-state index contributed by atoms with van der Waals surface area (Å²) >= 11 is 0. The molecule has 0 bridgehead atoms. The summed E-state index contributed by atoms with van der Waals surface area (Å²) in [5, 5.41) is 0. The normalized spacial score (nSPS) is 13.2. The van der Waals surface area contributed by atoms with Gasteiger partial charge in [0.05, 0.1) is 4.90 Å². The fraction of sp³-hybridized carbons (Fsp3) is 0.368. The summed E-state index contributed by atoms with van der Waals surface area (Å²) in [4.78, 5) is 2.18. The highest BCUT2D eigenvalue weighted by Gasteiger charge is 2.23. The fourth-order valence-electron chi connectivity index (χ4n) is 3.16. The maximum Gasteiger partial charge on any atom is 0.241 e. The Morgan fingerprint density at radius 1 is 1.08 bits per heavy atom. The molecule has 136 valence electrons. The first kappa shape index (κ1) is 19.6. The second-order valence-corrected chi connectivity index (χ2v) is 8.32. The largest absolute Gasteiger partial charge is 0.301 e. The van der Waals surface area contributed by atoms with Crippen molar-refractivity contribution in [1.82, 2.24) is 9.62 Å². The van der Waals surface area contributed by atoms with E-state index in [1.807, 2.05) is 38.1 Å². The molecule has 6 heteroatoms. The van der Waals surface area contributed by atoms with Crippen LogP contribution in [0.4, 0.5) is 4.39 Å². The quantitative estimate of drug-likeness (QED) is 0.855. The SMILES string of the molecule is Cc1cc(C)c(S(=O)(=O)NCC(c2cccc(F)c2)N(C)C)c(C)c1. The van der Waals surface area contributed by atoms with E-state index in [1.165, 1.54) is 12.1 Å². The second-order valence-electron chi connectivity index (χ2n) is 6.61. The van der Waals surface area contributed by atoms with Crippen LogP contribution in [0.15, 0.2) is 41.3 Å². The van der Waals surface area contributed by atoms with E-state index in [-0.39, 0.29) is 18.4 Å². The molecule has 25 heavy (non-hydrogen) atoms. The van der Waals surface area contributed by atoms with E-state index in [4.69, 9.17) is 0 Å². The molecule has 0 aromatic heterocycles. The van der Waals surface area contributed by atoms with Crippen molar-refractivity contribution >= 4 is 10.0 Å². The number of hydrogen-bond donors (Lipinski definition) is 1. The van der Waals surface area contributed by atoms with Crippen LogP contribution in [0.3, 0.4) is 0 Å². The summed E-state index contributed by atoms with van der Waals surface area (Å²) in [6.07, 6.45) is 0. The lowest BCUT2D eigenvalue weighted by Gasteiger charge is -2.25. The predicted octanol–water partition coefficient (Wildman–Crippen LogP) is 3.33. The van der Waals surface area contributed by atoms with Gasteiger partial charge >= 0.3 is 0 Å². The van der Waals surface area contributed by atoms with Gasteiger partial charge in [-0.1, -0.05) is 29.8 Å². The van der Waals surface area contributed by atoms with Crippen molar-refractivity contribution in [3.05, 3.63) is 64.5 Å². The van der Waals surface area contributed by atoms with Crippen LogP contribution in [0.25, 0.3) is 0 Å². The van der Waals surface area contributed by atoms with E-state index in [0.29, 0.717) is 4.90 Å². The number of aryl methyl sites for hydroxylation is 3. The van der Waals surface area contributed by atoms with Crippen molar-refractivity contribution in [3.8, 4) is 0 Å². The van der Waals surface area contributed by atoms with Crippen LogP contribution in [-0.2, 0) is 10.0 Å². The third-order valence-electron chi connectivity index (χ3n) is 4.20. The molecule has 1 atom stereocenters. The maximum absolute atomic E-state index is 13.5. The molecule has 0 fully saturated rings. The van der Waals surface area contributed by atoms with Crippen molar-refractivity contribution in [2.75, 3.05) is 20.6 Å². The first-order valence-corrected chi connectivity index (χ1v) is 9.59. The molecule has 0 spiro atoms. The van der Waals surface area contributed by atoms with Crippen LogP contribution in [0.1, 0.15) is 28.3 Å². The smallest absolute Gasteiger partial charge is 0.241 e. The van der Waals surface area contributed by atoms with E-state index in [1.54, 1.807) is 26.0 Å². The number of nitrogens with one attached hydrogen (secondary N) is 1. The van der Waals surface area contributed by atoms with Gasteiger partial charge in [0.1, 0.15) is 5.82 Å². The van der Waals surface area contributed by atoms with Crippen LogP contribution in [0, 0.1) is 26.6 Å². The van der Waals surface area contributed by atoms with Gasteiger partial charge in [0.15, 0.2) is 0 Å². The number of hydrogen-bond acceptors (Lipinski definition) is 3. The minimum Gasteiger partial charge on any atom is -0.301 e. The molecule has 0 aliphatic heterocycles. The predicted molar refractivity (Wildman–Crippen MR) is 98.7 cm³/mol. The number of halogens is 1. The Labute approximate surface area is 149 Å². The van der Waals surface area contributed by atoms with Gasteiger partial charge in [-0.05, 0) is 63.7 Å². The molecule has 2 rings (SSSR count). The van der Waals surface area contributed by atoms with E-state index in [0.717, 1.165) is 22.3 Å². The van der Waals surface area contributed by atoms with Gasteiger partial charge in [0.2, 0.25) is 10.0 Å². The minimum absolute atomic E-state index is 0.158. The van der Waals surface area contributed by atoms with Crippen LogP contribution in [0.5, 0.6) is 0 Å². The summed E-state index contributed by atoms with van der Waals surface area (Å²) in [7, 11) is 0.0236. The highest BCUT2D eigenvalue weighted by Crippen LogP contribution is 2.23. The highest BCUT2D eigenvalue weighted by molar-refractivity contribution is 7.89. The molecule has 0 aliphatic rings. The summed E-state index contributed by atoms with van der Waals surface area (Å²) in [5.74, 6) is -0.336. The zero-order valence-electron chi connectivity index (χ0n) is 15.3. The average molecular weight is 364 g/mol. The molecule has 2 aromatic carbocycles. The molecule has 1 N–H and O–H groups in total. The first-order chi connectivity index (χ1) is 11.6. The molecule has 0 amide bonds. The van der Waals surface area contributed by atoms with Crippen molar-refractivity contribution in [3.63, 3.8) is 0 Å². The molecule has 0 aliphatic carbocycles. The Balaban J connectivity index is 2.28. The van der Waals surface area contributed by atoms with Crippen molar-refractivity contribution in [1.29, 1.82) is 0 Å². The van der Waals surface area contributed by atoms with Gasteiger partial charge in [0, 0.05) is 12.6 Å². The summed E-state index contributed by atoms with van der Waals surface area (Å²) < 4.78 is 41.8. The Morgan fingerprint density at radius 3 is 2.20 bits per heavy atom. The number of benzene rings is 2. The molecule has 4 nitrogen and oxygen atoms in total. The Hall–Kier alpha value is -1.76. The molecule has 2 aromatic rings. The van der Waals surface area contributed by atoms with E-state index in [9.17, 15) is 12.8 Å². The lowest BCUT2D eigenvalue weighted by atomic mass is 10.1. The van der Waals surface area contributed by atoms with E-state index < -0.39 is 10.0 Å². The Morgan fingerprint density at radius 2 is 1.68 bits per heavy atom. The summed E-state index contributed by atoms with van der Waals surface area (Å²) in [6.45, 7) is 5.69. The fourth-order valence-corrected chi connectivity index (χ4v) is 4.65. The second kappa shape index (κ2) is 7.64. The standard InChI is InChI=1S/C19H25FN2O2S/c1-13-9-14(2)19(15(3)10-13)25(23,24)21-12-18(22(4)5)16-7-6-8-17(20)11-16/h6-11,18,21H,12H2,1-5H3. The number of sulfonamides is 1. The Bertz CT molecular complexity index is 840. The molecule has 0 radical (unpaired) electrons. The van der Waals surface area contributed by atoms with Crippen LogP contribution >= 0.6 is 0 Å². The van der Waals surface area contributed by atoms with Crippen molar-refractivity contribution in [2.45, 2.75) is 31.7 Å². The zero-order chi connectivity index (χ0) is 18.8. The molecule has 0 saturated heterocycles. The van der Waals surface area contributed by atoms with Gasteiger partial charge in [-0.2, -0.15) is 0 Å². The topological polar surface area (TPSA) is 49.4 Å². The third-order valence-corrected chi connectivity index (χ3v) is 5.93. The van der Waals surface area contributed by atoms with Crippen LogP contribution < -0.4 is 4.72 Å². The van der Waals surface area contributed by atoms with Crippen LogP contribution in [0.2, 0.25) is 0 Å². The van der Waals surface area contributed by atoms with Gasteiger partial charge in [-0.15, -0.1) is 0 Å². The zero-order valence-corrected chi connectivity index (χ0v) is 16.1. The van der Waals surface area contributed by atoms with Crippen LogP contribution in [-0.4, -0.2) is 34.0 Å². The van der Waals surface area contributed by atoms with Crippen molar-refractivity contribution < 1.29 is 12.8 Å². The van der Waals surface area contributed by atoms with Gasteiger partial charge in [0.25, 0.3) is 0 Å². The van der Waals surface area contributed by atoms with Gasteiger partial charge < -0.3 is 4.90 Å². The lowest BCUT2D eigenvalue weighted by Crippen LogP contribution is -2.35. The summed E-state index contributed by atoms with van der Waals surface area (Å²) in [6, 6.07) is 9.68. The maximum atomic E-state index is 13.5. The molecule has 0 saturated carbocycles. The number of nitrogens with zero attached hydrogens (tertiary/aromatic N) is 1. The molecular weight excluding hydrogens is 339 g/mol. The molecule has 0 heterocycles. The van der Waals surface area contributed by atoms with Crippen molar-refractivity contribution in [2.24, 2.45) is 0 Å². The lowest BCUT2D eigenvalue weighted by molar-refractivity contribution is 0.299. The molecular formula is C19H25FN2O2S. The third kappa shape index (κ3) is 4.66. The molecule has 1 unspecified atom stereocenters. The first-order valence-electron chi connectivity index (χ1n) is 8.11. The number of likely N-dealkylation sites (N-methyl/N-ethyl adjacent to an activating group) is 1. The monoisotopic (exact) mass is 364 g/mol. The van der Waals surface area contributed by atoms with Gasteiger partial charge in [-0.3, -0.25) is 0 Å².